The van der Waals surface area contributed by atoms with E-state index < -0.39 is 0 Å². The van der Waals surface area contributed by atoms with Crippen molar-refractivity contribution in [2.75, 3.05) is 6.54 Å². The van der Waals surface area contributed by atoms with Gasteiger partial charge in [-0.3, -0.25) is 4.79 Å². The van der Waals surface area contributed by atoms with E-state index in [0.717, 1.165) is 11.1 Å². The molecule has 0 radical (unpaired) electrons. The molecule has 3 aromatic carbocycles. The Bertz CT molecular complexity index is 1320. The molecule has 0 aliphatic heterocycles. The molecule has 34 heavy (non-hydrogen) atoms. The van der Waals surface area contributed by atoms with Crippen LogP contribution in [0.3, 0.4) is 0 Å². The van der Waals surface area contributed by atoms with Crippen LogP contribution in [-0.2, 0) is 18.4 Å². The van der Waals surface area contributed by atoms with Crippen molar-refractivity contribution in [3.8, 4) is 0 Å². The van der Waals surface area contributed by atoms with Crippen LogP contribution >= 0.6 is 23.2 Å². The van der Waals surface area contributed by atoms with Gasteiger partial charge >= 0.3 is 0 Å². The van der Waals surface area contributed by atoms with Crippen molar-refractivity contribution < 1.29 is 9.18 Å². The number of halogens is 3. The topological polar surface area (TPSA) is 36.1 Å². The summed E-state index contributed by atoms with van der Waals surface area (Å²) in [7, 11) is 0. The highest BCUT2D eigenvalue weighted by atomic mass is 35.5. The number of nitrogens with zero attached hydrogens (tertiary/aromatic N) is 1. The Morgan fingerprint density at radius 2 is 1.65 bits per heavy atom. The molecule has 0 fully saturated rings. The molecule has 3 nitrogen and oxygen atoms in total. The monoisotopic (exact) mass is 496 g/mol. The summed E-state index contributed by atoms with van der Waals surface area (Å²) < 4.78 is 14.2. The first-order valence-electron chi connectivity index (χ1n) is 11.2. The summed E-state index contributed by atoms with van der Waals surface area (Å²) in [6.07, 6.45) is 2.26. The number of benzene rings is 3. The molecule has 0 spiro atoms. The number of hydrogen-bond donors (Lipinski definition) is 1. The second-order valence-corrected chi connectivity index (χ2v) is 10.3. The standard InChI is InChI=1S/C28H27Cl2FN2O/c1-28(2,3)20-7-4-19(5-8-20)17-33(15-13-18-6-10-23(29)24(30)16-18)27(34)22-9-11-25(31)21-12-14-32-26(21)22/h4-12,14,16,32H,13,15,17H2,1-3H3. The number of carbonyl (C=O) groups excluding carboxylic acids is 1. The van der Waals surface area contributed by atoms with Gasteiger partial charge in [-0.25, -0.2) is 4.39 Å². The van der Waals surface area contributed by atoms with Crippen LogP contribution in [-0.4, -0.2) is 22.3 Å². The molecule has 0 bridgehead atoms. The van der Waals surface area contributed by atoms with Crippen LogP contribution in [0.25, 0.3) is 10.9 Å². The van der Waals surface area contributed by atoms with Gasteiger partial charge in [-0.2, -0.15) is 0 Å². The fourth-order valence-corrected chi connectivity index (χ4v) is 4.33. The summed E-state index contributed by atoms with van der Waals surface area (Å²) in [6, 6.07) is 18.4. The van der Waals surface area contributed by atoms with Gasteiger partial charge in [0, 0.05) is 24.7 Å². The van der Waals surface area contributed by atoms with Crippen molar-refractivity contribution in [2.45, 2.75) is 39.2 Å². The zero-order valence-corrected chi connectivity index (χ0v) is 21.0. The van der Waals surface area contributed by atoms with Gasteiger partial charge in [0.25, 0.3) is 5.91 Å². The molecule has 6 heteroatoms. The highest BCUT2D eigenvalue weighted by Gasteiger charge is 2.21. The number of fused-ring (bicyclic) bond motifs is 1. The maximum Gasteiger partial charge on any atom is 0.256 e. The molecule has 1 aromatic heterocycles. The predicted molar refractivity (Wildman–Crippen MR) is 138 cm³/mol. The zero-order chi connectivity index (χ0) is 24.5. The molecule has 0 atom stereocenters. The lowest BCUT2D eigenvalue weighted by Gasteiger charge is -2.25. The maximum atomic E-state index is 14.2. The van der Waals surface area contributed by atoms with E-state index in [1.165, 1.54) is 11.6 Å². The lowest BCUT2D eigenvalue weighted by molar-refractivity contribution is 0.0747. The summed E-state index contributed by atoms with van der Waals surface area (Å²) in [5, 5.41) is 1.39. The molecule has 0 saturated heterocycles. The number of aromatic nitrogens is 1. The van der Waals surface area contributed by atoms with E-state index in [9.17, 15) is 9.18 Å². The van der Waals surface area contributed by atoms with E-state index in [0.29, 0.717) is 46.0 Å². The number of hydrogen-bond acceptors (Lipinski definition) is 1. The van der Waals surface area contributed by atoms with Gasteiger partial charge in [0.05, 0.1) is 21.1 Å². The molecule has 4 aromatic rings. The molecule has 0 aliphatic carbocycles. The van der Waals surface area contributed by atoms with Gasteiger partial charge < -0.3 is 9.88 Å². The average Bonchev–Trinajstić information content (AvgIpc) is 3.29. The Labute approximate surface area is 209 Å². The molecular weight excluding hydrogens is 470 g/mol. The SMILES string of the molecule is CC(C)(C)c1ccc(CN(CCc2ccc(Cl)c(Cl)c2)C(=O)c2ccc(F)c3cc[nH]c23)cc1. The number of carbonyl (C=O) groups is 1. The van der Waals surface area contributed by atoms with E-state index in [4.69, 9.17) is 23.2 Å². The fourth-order valence-electron chi connectivity index (χ4n) is 4.01. The Morgan fingerprint density at radius 1 is 0.941 bits per heavy atom. The van der Waals surface area contributed by atoms with Crippen molar-refractivity contribution in [1.29, 1.82) is 0 Å². The minimum atomic E-state index is -0.354. The fraction of sp³-hybridized carbons (Fsp3) is 0.250. The second kappa shape index (κ2) is 9.81. The van der Waals surface area contributed by atoms with E-state index in [-0.39, 0.29) is 17.1 Å². The number of aromatic amines is 1. The molecular formula is C28H27Cl2FN2O. The Morgan fingerprint density at radius 3 is 2.32 bits per heavy atom. The normalized spacial score (nSPS) is 11.7. The third-order valence-electron chi connectivity index (χ3n) is 6.04. The first-order chi connectivity index (χ1) is 16.1. The van der Waals surface area contributed by atoms with E-state index >= 15 is 0 Å². The molecule has 0 saturated carbocycles. The van der Waals surface area contributed by atoms with E-state index in [1.807, 2.05) is 12.1 Å². The quantitative estimate of drug-likeness (QED) is 0.290. The predicted octanol–water partition coefficient (Wildman–Crippen LogP) is 7.80. The minimum absolute atomic E-state index is 0.0508. The van der Waals surface area contributed by atoms with Crippen molar-refractivity contribution in [2.24, 2.45) is 0 Å². The van der Waals surface area contributed by atoms with Gasteiger partial charge in [-0.1, -0.05) is 74.3 Å². The van der Waals surface area contributed by atoms with Crippen LogP contribution in [0.2, 0.25) is 10.0 Å². The van der Waals surface area contributed by atoms with Gasteiger partial charge in [-0.15, -0.1) is 0 Å². The molecule has 176 valence electrons. The van der Waals surface area contributed by atoms with Gasteiger partial charge in [0.2, 0.25) is 0 Å². The van der Waals surface area contributed by atoms with Crippen molar-refractivity contribution in [3.63, 3.8) is 0 Å². The first kappa shape index (κ1) is 24.3. The third kappa shape index (κ3) is 5.29. The van der Waals surface area contributed by atoms with Crippen LogP contribution in [0.4, 0.5) is 4.39 Å². The highest BCUT2D eigenvalue weighted by molar-refractivity contribution is 6.42. The Kier molecular flexibility index (Phi) is 7.01. The number of rotatable bonds is 6. The first-order valence-corrected chi connectivity index (χ1v) is 12.0. The molecule has 1 N–H and O–H groups in total. The van der Waals surface area contributed by atoms with Gasteiger partial charge in [-0.05, 0) is 58.9 Å². The van der Waals surface area contributed by atoms with E-state index in [2.05, 4.69) is 50.0 Å². The third-order valence-corrected chi connectivity index (χ3v) is 6.77. The van der Waals surface area contributed by atoms with Crippen LogP contribution in [0, 0.1) is 5.82 Å². The summed E-state index contributed by atoms with van der Waals surface area (Å²) in [5.74, 6) is -0.514. The molecule has 0 aliphatic rings. The van der Waals surface area contributed by atoms with Gasteiger partial charge in [0.15, 0.2) is 0 Å². The largest absolute Gasteiger partial charge is 0.360 e. The summed E-state index contributed by atoms with van der Waals surface area (Å²) in [5.41, 5.74) is 4.25. The van der Waals surface area contributed by atoms with Crippen molar-refractivity contribution in [1.82, 2.24) is 9.88 Å². The van der Waals surface area contributed by atoms with Gasteiger partial charge in [0.1, 0.15) is 5.82 Å². The highest BCUT2D eigenvalue weighted by Crippen LogP contribution is 2.26. The lowest BCUT2D eigenvalue weighted by Crippen LogP contribution is -2.32. The Balaban J connectivity index is 1.63. The van der Waals surface area contributed by atoms with Crippen molar-refractivity contribution in [3.05, 3.63) is 105 Å². The Hall–Kier alpha value is -2.82. The number of nitrogens with one attached hydrogen (secondary N) is 1. The summed E-state index contributed by atoms with van der Waals surface area (Å²) in [4.78, 5) is 18.5. The van der Waals surface area contributed by atoms with Crippen LogP contribution in [0.5, 0.6) is 0 Å². The maximum absolute atomic E-state index is 14.2. The van der Waals surface area contributed by atoms with Crippen molar-refractivity contribution >= 4 is 40.0 Å². The summed E-state index contributed by atoms with van der Waals surface area (Å²) in [6.45, 7) is 7.42. The van der Waals surface area contributed by atoms with E-state index in [1.54, 1.807) is 29.3 Å². The lowest BCUT2D eigenvalue weighted by atomic mass is 9.87. The minimum Gasteiger partial charge on any atom is -0.360 e. The zero-order valence-electron chi connectivity index (χ0n) is 19.5. The molecule has 1 amide bonds. The number of amides is 1. The van der Waals surface area contributed by atoms with Crippen LogP contribution in [0.15, 0.2) is 66.9 Å². The molecule has 0 unspecified atom stereocenters. The molecule has 4 rings (SSSR count). The smallest absolute Gasteiger partial charge is 0.256 e. The number of H-pyrrole nitrogens is 1. The van der Waals surface area contributed by atoms with Crippen LogP contribution < -0.4 is 0 Å². The summed E-state index contributed by atoms with van der Waals surface area (Å²) >= 11 is 12.2. The average molecular weight is 497 g/mol. The molecule has 1 heterocycles. The second-order valence-electron chi connectivity index (χ2n) is 9.53. The van der Waals surface area contributed by atoms with Crippen LogP contribution in [0.1, 0.15) is 47.8 Å².